The first kappa shape index (κ1) is 21.8. The molecule has 0 unspecified atom stereocenters. The number of hydrogen-bond acceptors (Lipinski definition) is 6. The van der Waals surface area contributed by atoms with Crippen molar-refractivity contribution in [2.75, 3.05) is 5.32 Å². The Morgan fingerprint density at radius 1 is 1.00 bits per heavy atom. The molecule has 0 aliphatic heterocycles. The minimum absolute atomic E-state index is 0.196. The Balaban J connectivity index is 1.36. The summed E-state index contributed by atoms with van der Waals surface area (Å²) in [5.74, 6) is 0.374. The zero-order chi connectivity index (χ0) is 24.5. The fourth-order valence-corrected chi connectivity index (χ4v) is 3.57. The smallest absolute Gasteiger partial charge is 0.333 e. The van der Waals surface area contributed by atoms with Crippen molar-refractivity contribution in [1.82, 2.24) is 24.1 Å². The van der Waals surface area contributed by atoms with Gasteiger partial charge in [-0.15, -0.1) is 0 Å². The Bertz CT molecular complexity index is 1660. The van der Waals surface area contributed by atoms with Crippen molar-refractivity contribution in [2.45, 2.75) is 13.8 Å². The van der Waals surface area contributed by atoms with E-state index in [9.17, 15) is 14.4 Å². The van der Waals surface area contributed by atoms with Gasteiger partial charge in [0.1, 0.15) is 11.3 Å². The van der Waals surface area contributed by atoms with Crippen LogP contribution in [0.3, 0.4) is 0 Å². The second-order valence-corrected chi connectivity index (χ2v) is 7.90. The van der Waals surface area contributed by atoms with Gasteiger partial charge in [0.05, 0.1) is 11.9 Å². The quantitative estimate of drug-likeness (QED) is 0.408. The normalized spacial score (nSPS) is 10.9. The number of ether oxygens (including phenoxy) is 1. The summed E-state index contributed by atoms with van der Waals surface area (Å²) in [5, 5.41) is 6.88. The number of fused-ring (bicyclic) bond motifs is 1. The monoisotopic (exact) mass is 468 g/mol. The topological polar surface area (TPSA) is 123 Å². The summed E-state index contributed by atoms with van der Waals surface area (Å²) in [4.78, 5) is 44.9. The van der Waals surface area contributed by atoms with Gasteiger partial charge in [-0.25, -0.2) is 14.3 Å². The molecule has 0 saturated heterocycles. The molecule has 10 nitrogen and oxygen atoms in total. The third-order valence-electron chi connectivity index (χ3n) is 5.30. The molecule has 0 fully saturated rings. The summed E-state index contributed by atoms with van der Waals surface area (Å²) in [7, 11) is 0. The number of hydrogen-bond donors (Lipinski definition) is 2. The molecule has 35 heavy (non-hydrogen) atoms. The van der Waals surface area contributed by atoms with E-state index in [-0.39, 0.29) is 5.56 Å². The number of nitrogens with one attached hydrogen (secondary N) is 2. The number of rotatable bonds is 5. The second-order valence-electron chi connectivity index (χ2n) is 7.90. The lowest BCUT2D eigenvalue weighted by Crippen LogP contribution is -2.38. The molecule has 3 heterocycles. The van der Waals surface area contributed by atoms with Gasteiger partial charge in [0.15, 0.2) is 5.65 Å². The molecule has 0 atom stereocenters. The Kier molecular flexibility index (Phi) is 5.46. The molecule has 0 aliphatic rings. The number of aromatic nitrogens is 5. The fraction of sp³-hybridized carbons (Fsp3) is 0.0800. The highest BCUT2D eigenvalue weighted by molar-refractivity contribution is 6.03. The molecule has 1 amide bonds. The first-order valence-corrected chi connectivity index (χ1v) is 10.7. The first-order chi connectivity index (χ1) is 16.9. The molecule has 0 radical (unpaired) electrons. The van der Waals surface area contributed by atoms with Crippen molar-refractivity contribution in [3.63, 3.8) is 0 Å². The molecular weight excluding hydrogens is 448 g/mol. The molecule has 5 rings (SSSR count). The van der Waals surface area contributed by atoms with Crippen LogP contribution in [-0.4, -0.2) is 30.1 Å². The lowest BCUT2D eigenvalue weighted by atomic mass is 10.2. The number of aryl methyl sites for hydroxylation is 2. The van der Waals surface area contributed by atoms with Crippen molar-refractivity contribution >= 4 is 17.2 Å². The third-order valence-corrected chi connectivity index (χ3v) is 5.30. The SMILES string of the molecule is Cc1ccc(-n2c(=O)[nH]cc(C(=O)Nc3ccc(Oc4cc(C)nc5ccnn45)cc3)c2=O)cc1. The molecule has 3 aromatic heterocycles. The molecule has 0 bridgehead atoms. The van der Waals surface area contributed by atoms with Crippen LogP contribution in [0.25, 0.3) is 11.3 Å². The number of anilines is 1. The number of carbonyl (C=O) groups excluding carboxylic acids is 1. The van der Waals surface area contributed by atoms with Gasteiger partial charge in [-0.2, -0.15) is 9.61 Å². The van der Waals surface area contributed by atoms with Gasteiger partial charge < -0.3 is 15.0 Å². The number of carbonyl (C=O) groups is 1. The zero-order valence-corrected chi connectivity index (χ0v) is 18.9. The molecule has 0 saturated carbocycles. The van der Waals surface area contributed by atoms with Crippen LogP contribution in [0.4, 0.5) is 5.69 Å². The summed E-state index contributed by atoms with van der Waals surface area (Å²) >= 11 is 0. The molecule has 5 aromatic rings. The second kappa shape index (κ2) is 8.75. The van der Waals surface area contributed by atoms with E-state index >= 15 is 0 Å². The summed E-state index contributed by atoms with van der Waals surface area (Å²) < 4.78 is 8.45. The van der Waals surface area contributed by atoms with Crippen molar-refractivity contribution in [2.24, 2.45) is 0 Å². The largest absolute Gasteiger partial charge is 0.439 e. The number of amides is 1. The van der Waals surface area contributed by atoms with Crippen LogP contribution in [0, 0.1) is 13.8 Å². The van der Waals surface area contributed by atoms with Crippen molar-refractivity contribution < 1.29 is 9.53 Å². The molecular formula is C25H20N6O4. The fourth-order valence-electron chi connectivity index (χ4n) is 3.57. The Hall–Kier alpha value is -4.99. The first-order valence-electron chi connectivity index (χ1n) is 10.7. The lowest BCUT2D eigenvalue weighted by Gasteiger charge is -2.10. The predicted molar refractivity (Wildman–Crippen MR) is 130 cm³/mol. The summed E-state index contributed by atoms with van der Waals surface area (Å²) in [6, 6.07) is 17.0. The summed E-state index contributed by atoms with van der Waals surface area (Å²) in [5.41, 5.74) is 1.71. The number of H-pyrrole nitrogens is 1. The maximum Gasteiger partial charge on any atom is 0.333 e. The van der Waals surface area contributed by atoms with Crippen LogP contribution >= 0.6 is 0 Å². The zero-order valence-electron chi connectivity index (χ0n) is 18.9. The van der Waals surface area contributed by atoms with E-state index in [1.807, 2.05) is 13.8 Å². The number of nitrogens with zero attached hydrogens (tertiary/aromatic N) is 4. The van der Waals surface area contributed by atoms with E-state index in [0.29, 0.717) is 28.7 Å². The van der Waals surface area contributed by atoms with Gasteiger partial charge in [0.2, 0.25) is 5.88 Å². The highest BCUT2D eigenvalue weighted by Gasteiger charge is 2.16. The standard InChI is InChI=1S/C25H20N6O4/c1-15-3-7-18(8-4-15)30-24(33)20(14-26-25(30)34)23(32)29-17-5-9-19(10-6-17)35-22-13-16(2)28-21-11-12-27-31(21)22/h3-14H,1-2H3,(H,26,34)(H,29,32). The minimum atomic E-state index is -0.716. The molecule has 2 N–H and O–H groups in total. The highest BCUT2D eigenvalue weighted by Crippen LogP contribution is 2.24. The maximum absolute atomic E-state index is 12.9. The summed E-state index contributed by atoms with van der Waals surface area (Å²) in [6.45, 7) is 3.76. The number of aromatic amines is 1. The van der Waals surface area contributed by atoms with Gasteiger partial charge in [-0.3, -0.25) is 9.59 Å². The predicted octanol–water partition coefficient (Wildman–Crippen LogP) is 3.23. The Morgan fingerprint density at radius 2 is 1.74 bits per heavy atom. The highest BCUT2D eigenvalue weighted by atomic mass is 16.5. The average Bonchev–Trinajstić information content (AvgIpc) is 3.30. The van der Waals surface area contributed by atoms with E-state index < -0.39 is 17.2 Å². The lowest BCUT2D eigenvalue weighted by molar-refractivity contribution is 0.102. The van der Waals surface area contributed by atoms with Crippen molar-refractivity contribution in [3.05, 3.63) is 111 Å². The van der Waals surface area contributed by atoms with Crippen LogP contribution in [0.1, 0.15) is 21.6 Å². The molecule has 10 heteroatoms. The van der Waals surface area contributed by atoms with E-state index in [4.69, 9.17) is 4.74 Å². The van der Waals surface area contributed by atoms with E-state index in [0.717, 1.165) is 22.0 Å². The molecule has 174 valence electrons. The van der Waals surface area contributed by atoms with Crippen molar-refractivity contribution in [1.29, 1.82) is 0 Å². The molecule has 0 spiro atoms. The van der Waals surface area contributed by atoms with Crippen LogP contribution in [0.15, 0.2) is 82.6 Å². The Morgan fingerprint density at radius 3 is 2.49 bits per heavy atom. The van der Waals surface area contributed by atoms with Crippen molar-refractivity contribution in [3.8, 4) is 17.3 Å². The van der Waals surface area contributed by atoms with E-state index in [2.05, 4.69) is 20.4 Å². The van der Waals surface area contributed by atoms with Crippen LogP contribution < -0.4 is 21.3 Å². The van der Waals surface area contributed by atoms with Crippen LogP contribution in [0.2, 0.25) is 0 Å². The van der Waals surface area contributed by atoms with Gasteiger partial charge in [0, 0.05) is 29.7 Å². The molecule has 0 aliphatic carbocycles. The molecule has 2 aromatic carbocycles. The third kappa shape index (κ3) is 4.32. The van der Waals surface area contributed by atoms with E-state index in [1.54, 1.807) is 71.4 Å². The van der Waals surface area contributed by atoms with Crippen LogP contribution in [0.5, 0.6) is 11.6 Å². The van der Waals surface area contributed by atoms with Gasteiger partial charge in [0.25, 0.3) is 11.5 Å². The van der Waals surface area contributed by atoms with Gasteiger partial charge in [-0.05, 0) is 50.2 Å². The Labute approximate surface area is 198 Å². The average molecular weight is 468 g/mol. The van der Waals surface area contributed by atoms with Crippen LogP contribution in [-0.2, 0) is 0 Å². The summed E-state index contributed by atoms with van der Waals surface area (Å²) in [6.07, 6.45) is 2.75. The van der Waals surface area contributed by atoms with Gasteiger partial charge >= 0.3 is 5.69 Å². The van der Waals surface area contributed by atoms with E-state index in [1.165, 1.54) is 0 Å². The number of benzene rings is 2. The maximum atomic E-state index is 12.9. The van der Waals surface area contributed by atoms with Gasteiger partial charge in [-0.1, -0.05) is 17.7 Å². The minimum Gasteiger partial charge on any atom is -0.439 e.